The van der Waals surface area contributed by atoms with E-state index in [1.807, 2.05) is 17.8 Å². The molecule has 0 aromatic heterocycles. The van der Waals surface area contributed by atoms with E-state index in [0.29, 0.717) is 17.2 Å². The first-order valence-corrected chi connectivity index (χ1v) is 6.71. The summed E-state index contributed by atoms with van der Waals surface area (Å²) < 4.78 is 5.53. The summed E-state index contributed by atoms with van der Waals surface area (Å²) in [6, 6.07) is 7.16. The van der Waals surface area contributed by atoms with Crippen LogP contribution in [0.15, 0.2) is 18.2 Å². The van der Waals surface area contributed by atoms with Gasteiger partial charge in [0.2, 0.25) is 0 Å². The van der Waals surface area contributed by atoms with E-state index < -0.39 is 0 Å². The quantitative estimate of drug-likeness (QED) is 0.726. The summed E-state index contributed by atoms with van der Waals surface area (Å²) >= 11 is 7.79. The van der Waals surface area contributed by atoms with Gasteiger partial charge in [-0.05, 0) is 30.1 Å². The second-order valence-corrected chi connectivity index (χ2v) is 4.95. The van der Waals surface area contributed by atoms with Crippen molar-refractivity contribution in [2.24, 2.45) is 0 Å². The van der Waals surface area contributed by atoms with Crippen LogP contribution in [0.5, 0.6) is 5.75 Å². The largest absolute Gasteiger partial charge is 0.494 e. The van der Waals surface area contributed by atoms with Crippen molar-refractivity contribution in [3.05, 3.63) is 28.8 Å². The lowest BCUT2D eigenvalue weighted by Crippen LogP contribution is -1.99. The molecule has 0 aliphatic heterocycles. The van der Waals surface area contributed by atoms with E-state index in [9.17, 15) is 0 Å². The minimum atomic E-state index is 0.447. The smallest absolute Gasteiger partial charge is 0.120 e. The highest BCUT2D eigenvalue weighted by molar-refractivity contribution is 7.99. The second kappa shape index (κ2) is 7.43. The van der Waals surface area contributed by atoms with Gasteiger partial charge in [0.1, 0.15) is 11.8 Å². The number of thioether (sulfide) groups is 1. The van der Waals surface area contributed by atoms with Gasteiger partial charge >= 0.3 is 0 Å². The number of hydrogen-bond donors (Lipinski definition) is 0. The number of rotatable bonds is 6. The molecule has 0 aliphatic rings. The first-order chi connectivity index (χ1) is 7.77. The zero-order valence-corrected chi connectivity index (χ0v) is 10.8. The highest BCUT2D eigenvalue weighted by atomic mass is 35.5. The molecule has 0 fully saturated rings. The number of nitriles is 1. The highest BCUT2D eigenvalue weighted by Crippen LogP contribution is 2.21. The van der Waals surface area contributed by atoms with Gasteiger partial charge in [0.15, 0.2) is 0 Å². The topological polar surface area (TPSA) is 33.0 Å². The number of nitrogens with zero attached hydrogens (tertiary/aromatic N) is 1. The van der Waals surface area contributed by atoms with E-state index in [-0.39, 0.29) is 0 Å². The van der Waals surface area contributed by atoms with Crippen molar-refractivity contribution in [1.29, 1.82) is 5.26 Å². The molecule has 0 bridgehead atoms. The van der Waals surface area contributed by atoms with Crippen LogP contribution in [0.1, 0.15) is 18.9 Å². The van der Waals surface area contributed by atoms with Crippen LogP contribution in [0.25, 0.3) is 0 Å². The normalized spacial score (nSPS) is 9.81. The van der Waals surface area contributed by atoms with E-state index in [2.05, 4.69) is 6.92 Å². The van der Waals surface area contributed by atoms with E-state index in [0.717, 1.165) is 23.7 Å². The Morgan fingerprint density at radius 1 is 1.50 bits per heavy atom. The van der Waals surface area contributed by atoms with Crippen LogP contribution in [-0.2, 0) is 0 Å². The van der Waals surface area contributed by atoms with E-state index >= 15 is 0 Å². The van der Waals surface area contributed by atoms with Gasteiger partial charge in [0.25, 0.3) is 0 Å². The molecule has 0 radical (unpaired) electrons. The first kappa shape index (κ1) is 13.2. The van der Waals surface area contributed by atoms with Gasteiger partial charge < -0.3 is 4.74 Å². The van der Waals surface area contributed by atoms with Gasteiger partial charge in [-0.1, -0.05) is 18.5 Å². The third kappa shape index (κ3) is 4.34. The molecule has 86 valence electrons. The predicted octanol–water partition coefficient (Wildman–Crippen LogP) is 3.73. The molecular weight excluding hydrogens is 242 g/mol. The van der Waals surface area contributed by atoms with Crippen LogP contribution in [0.2, 0.25) is 5.02 Å². The molecule has 0 saturated heterocycles. The summed E-state index contributed by atoms with van der Waals surface area (Å²) in [4.78, 5) is 0. The van der Waals surface area contributed by atoms with E-state index in [1.165, 1.54) is 0 Å². The molecule has 2 nitrogen and oxygen atoms in total. The Balaban J connectivity index is 2.38. The maximum Gasteiger partial charge on any atom is 0.120 e. The number of ether oxygens (including phenoxy) is 1. The number of hydrogen-bond acceptors (Lipinski definition) is 3. The van der Waals surface area contributed by atoms with Crippen LogP contribution < -0.4 is 4.74 Å². The summed E-state index contributed by atoms with van der Waals surface area (Å²) in [6.07, 6.45) is 1.02. The SMILES string of the molecule is CCSCCCOc1ccc(C#N)c(Cl)c1. The molecule has 4 heteroatoms. The fourth-order valence-corrected chi connectivity index (χ4v) is 2.00. The standard InChI is InChI=1S/C12H14ClNOS/c1-2-16-7-3-6-15-11-5-4-10(9-14)12(13)8-11/h4-5,8H,2-3,6-7H2,1H3. The van der Waals surface area contributed by atoms with Crippen molar-refractivity contribution in [3.8, 4) is 11.8 Å². The van der Waals surface area contributed by atoms with E-state index in [4.69, 9.17) is 21.6 Å². The average molecular weight is 256 g/mol. The zero-order valence-electron chi connectivity index (χ0n) is 9.20. The van der Waals surface area contributed by atoms with Crippen molar-refractivity contribution >= 4 is 23.4 Å². The van der Waals surface area contributed by atoms with Gasteiger partial charge in [-0.25, -0.2) is 0 Å². The summed E-state index contributed by atoms with van der Waals surface area (Å²) in [7, 11) is 0. The first-order valence-electron chi connectivity index (χ1n) is 5.18. The molecule has 0 heterocycles. The maximum absolute atomic E-state index is 8.70. The van der Waals surface area contributed by atoms with E-state index in [1.54, 1.807) is 18.2 Å². The van der Waals surface area contributed by atoms with Gasteiger partial charge in [-0.15, -0.1) is 0 Å². The third-order valence-electron chi connectivity index (χ3n) is 1.97. The molecule has 1 aromatic carbocycles. The molecule has 1 rings (SSSR count). The Kier molecular flexibility index (Phi) is 6.14. The lowest BCUT2D eigenvalue weighted by atomic mass is 10.2. The molecule has 1 aromatic rings. The minimum Gasteiger partial charge on any atom is -0.494 e. The molecule has 0 saturated carbocycles. The molecule has 0 N–H and O–H groups in total. The lowest BCUT2D eigenvalue weighted by molar-refractivity contribution is 0.319. The fraction of sp³-hybridized carbons (Fsp3) is 0.417. The molecule has 0 aliphatic carbocycles. The monoisotopic (exact) mass is 255 g/mol. The van der Waals surface area contributed by atoms with Crippen LogP contribution >= 0.6 is 23.4 Å². The van der Waals surface area contributed by atoms with Crippen molar-refractivity contribution in [2.75, 3.05) is 18.1 Å². The molecular formula is C12H14ClNOS. The fourth-order valence-electron chi connectivity index (χ4n) is 1.17. The molecule has 0 spiro atoms. The van der Waals surface area contributed by atoms with Gasteiger partial charge in [0, 0.05) is 6.07 Å². The summed E-state index contributed by atoms with van der Waals surface area (Å²) in [5.74, 6) is 2.98. The summed E-state index contributed by atoms with van der Waals surface area (Å²) in [6.45, 7) is 2.83. The van der Waals surface area contributed by atoms with Crippen LogP contribution in [0, 0.1) is 11.3 Å². The number of halogens is 1. The highest BCUT2D eigenvalue weighted by Gasteiger charge is 2.01. The van der Waals surface area contributed by atoms with Crippen molar-refractivity contribution < 1.29 is 4.74 Å². The molecule has 0 unspecified atom stereocenters. The zero-order chi connectivity index (χ0) is 11.8. The Morgan fingerprint density at radius 2 is 2.31 bits per heavy atom. The molecule has 16 heavy (non-hydrogen) atoms. The second-order valence-electron chi connectivity index (χ2n) is 3.15. The number of benzene rings is 1. The maximum atomic E-state index is 8.70. The Labute approximate surface area is 106 Å². The minimum absolute atomic E-state index is 0.447. The summed E-state index contributed by atoms with van der Waals surface area (Å²) in [5.41, 5.74) is 0.482. The Bertz CT molecular complexity index is 376. The van der Waals surface area contributed by atoms with Gasteiger partial charge in [-0.3, -0.25) is 0 Å². The van der Waals surface area contributed by atoms with Crippen molar-refractivity contribution in [1.82, 2.24) is 0 Å². The molecule has 0 atom stereocenters. The van der Waals surface area contributed by atoms with Gasteiger partial charge in [0.05, 0.1) is 17.2 Å². The van der Waals surface area contributed by atoms with Gasteiger partial charge in [-0.2, -0.15) is 17.0 Å². The Morgan fingerprint density at radius 3 is 2.94 bits per heavy atom. The molecule has 0 amide bonds. The average Bonchev–Trinajstić information content (AvgIpc) is 2.29. The van der Waals surface area contributed by atoms with Crippen LogP contribution in [-0.4, -0.2) is 18.1 Å². The van der Waals surface area contributed by atoms with Crippen molar-refractivity contribution in [3.63, 3.8) is 0 Å². The predicted molar refractivity (Wildman–Crippen MR) is 69.3 cm³/mol. The van der Waals surface area contributed by atoms with Crippen molar-refractivity contribution in [2.45, 2.75) is 13.3 Å². The van der Waals surface area contributed by atoms with Crippen LogP contribution in [0.3, 0.4) is 0 Å². The lowest BCUT2D eigenvalue weighted by Gasteiger charge is -2.06. The van der Waals surface area contributed by atoms with Crippen LogP contribution in [0.4, 0.5) is 0 Å². The Hall–Kier alpha value is -0.850. The summed E-state index contributed by atoms with van der Waals surface area (Å²) in [5, 5.41) is 9.15. The third-order valence-corrected chi connectivity index (χ3v) is 3.27.